The molecule has 9 heteroatoms. The molecule has 0 aliphatic heterocycles. The van der Waals surface area contributed by atoms with Gasteiger partial charge in [0.05, 0.1) is 39.9 Å². The van der Waals surface area contributed by atoms with Crippen molar-refractivity contribution >= 4 is 13.7 Å². The molecule has 0 aromatic heterocycles. The minimum Gasteiger partial charge on any atom is -0.756 e. The highest BCUT2D eigenvalue weighted by atomic mass is 31.2. The summed E-state index contributed by atoms with van der Waals surface area (Å²) in [7, 11) is 1.30. The van der Waals surface area contributed by atoms with E-state index >= 15 is 0 Å². The van der Waals surface area contributed by atoms with Crippen molar-refractivity contribution in [3.8, 4) is 0 Å². The van der Waals surface area contributed by atoms with Gasteiger partial charge in [0.2, 0.25) is 5.91 Å². The third-order valence-electron chi connectivity index (χ3n) is 11.3. The summed E-state index contributed by atoms with van der Waals surface area (Å²) >= 11 is 0. The number of nitrogens with one attached hydrogen (secondary N) is 1. The maximum Gasteiger partial charge on any atom is 0.268 e. The van der Waals surface area contributed by atoms with Crippen molar-refractivity contribution in [2.75, 3.05) is 40.9 Å². The summed E-state index contributed by atoms with van der Waals surface area (Å²) in [5, 5.41) is 13.9. The van der Waals surface area contributed by atoms with Gasteiger partial charge in [-0.25, -0.2) is 0 Å². The summed E-state index contributed by atoms with van der Waals surface area (Å²) in [6.45, 7) is 4.72. The number of hydrogen-bond acceptors (Lipinski definition) is 6. The number of allylic oxidation sites excluding steroid dienone is 2. The van der Waals surface area contributed by atoms with E-state index in [1.807, 2.05) is 21.1 Å². The van der Waals surface area contributed by atoms with E-state index in [1.165, 1.54) is 161 Å². The second kappa shape index (κ2) is 40.6. The van der Waals surface area contributed by atoms with Gasteiger partial charge in [0.25, 0.3) is 7.82 Å². The molecule has 340 valence electrons. The van der Waals surface area contributed by atoms with E-state index < -0.39 is 20.0 Å². The van der Waals surface area contributed by atoms with E-state index in [1.54, 1.807) is 0 Å². The van der Waals surface area contributed by atoms with Crippen molar-refractivity contribution in [2.24, 2.45) is 0 Å². The van der Waals surface area contributed by atoms with Crippen LogP contribution in [-0.2, 0) is 18.4 Å². The lowest BCUT2D eigenvalue weighted by Crippen LogP contribution is -2.46. The summed E-state index contributed by atoms with van der Waals surface area (Å²) in [5.41, 5.74) is 0. The molecule has 0 aromatic rings. The number of aliphatic hydroxyl groups excluding tert-OH is 1. The summed E-state index contributed by atoms with van der Waals surface area (Å²) in [5.74, 6) is -0.179. The number of phosphoric acid groups is 1. The van der Waals surface area contributed by atoms with Gasteiger partial charge in [0, 0.05) is 6.42 Å². The average Bonchev–Trinajstić information content (AvgIpc) is 3.16. The molecule has 0 spiro atoms. The first-order valence-electron chi connectivity index (χ1n) is 24.5. The van der Waals surface area contributed by atoms with Crippen LogP contribution in [0, 0.1) is 0 Å². The molecule has 0 saturated heterocycles. The molecule has 2 N–H and O–H groups in total. The number of unbranched alkanes of at least 4 members (excludes halogenated alkanes) is 30. The summed E-state index contributed by atoms with van der Waals surface area (Å²) in [6.07, 6.45) is 46.5. The molecule has 0 aromatic carbocycles. The van der Waals surface area contributed by atoms with E-state index in [0.29, 0.717) is 23.9 Å². The van der Waals surface area contributed by atoms with Crippen LogP contribution in [0.25, 0.3) is 0 Å². The Morgan fingerprint density at radius 1 is 0.596 bits per heavy atom. The maximum atomic E-state index is 12.9. The van der Waals surface area contributed by atoms with E-state index in [9.17, 15) is 19.4 Å². The zero-order valence-corrected chi connectivity index (χ0v) is 39.5. The fourth-order valence-corrected chi connectivity index (χ4v) is 8.05. The number of phosphoric ester groups is 1. The molecule has 0 saturated carbocycles. The third-order valence-corrected chi connectivity index (χ3v) is 12.2. The van der Waals surface area contributed by atoms with Gasteiger partial charge in [-0.3, -0.25) is 9.36 Å². The van der Waals surface area contributed by atoms with Crippen LogP contribution in [0.4, 0.5) is 0 Å². The molecule has 0 rings (SSSR count). The number of quaternary nitrogens is 1. The number of amides is 1. The monoisotopic (exact) mass is 829 g/mol. The van der Waals surface area contributed by atoms with E-state index in [2.05, 4.69) is 31.3 Å². The summed E-state index contributed by atoms with van der Waals surface area (Å²) in [6, 6.07) is -0.804. The fourth-order valence-electron chi connectivity index (χ4n) is 7.33. The number of hydrogen-bond donors (Lipinski definition) is 2. The molecule has 0 aliphatic carbocycles. The van der Waals surface area contributed by atoms with Crippen LogP contribution in [0.3, 0.4) is 0 Å². The molecule has 0 heterocycles. The highest BCUT2D eigenvalue weighted by molar-refractivity contribution is 7.45. The van der Waals surface area contributed by atoms with Crippen LogP contribution in [0.2, 0.25) is 0 Å². The Morgan fingerprint density at radius 3 is 1.37 bits per heavy atom. The van der Waals surface area contributed by atoms with Crippen molar-refractivity contribution in [1.29, 1.82) is 0 Å². The van der Waals surface area contributed by atoms with Gasteiger partial charge >= 0.3 is 0 Å². The standard InChI is InChI=1S/C48H97N2O6P/c1-6-8-10-12-14-16-18-20-21-22-23-24-25-26-27-28-30-31-33-35-37-39-41-47(51)46(45-56-57(53,54)55-44-43-50(3,4)5)49-48(52)42-40-38-36-34-32-29-19-17-15-13-11-9-7-2/h29,32,46-47,51H,6-28,30-31,33-45H2,1-5H3,(H-,49,52,53,54)/b32-29-. The lowest BCUT2D eigenvalue weighted by molar-refractivity contribution is -0.870. The first kappa shape index (κ1) is 56.2. The van der Waals surface area contributed by atoms with E-state index in [4.69, 9.17) is 9.05 Å². The lowest BCUT2D eigenvalue weighted by atomic mass is 10.0. The number of nitrogens with zero attached hydrogens (tertiary/aromatic N) is 1. The number of likely N-dealkylation sites (N-methyl/N-ethyl adjacent to an activating group) is 1. The van der Waals surface area contributed by atoms with Crippen LogP contribution in [-0.4, -0.2) is 68.5 Å². The largest absolute Gasteiger partial charge is 0.756 e. The number of carbonyl (C=O) groups is 1. The van der Waals surface area contributed by atoms with Gasteiger partial charge in [-0.1, -0.05) is 206 Å². The quantitative estimate of drug-likeness (QED) is 0.0274. The Kier molecular flexibility index (Phi) is 40.1. The minimum absolute atomic E-state index is 0.0115. The van der Waals surface area contributed by atoms with Gasteiger partial charge in [0.1, 0.15) is 13.2 Å². The molecule has 0 fully saturated rings. The van der Waals surface area contributed by atoms with E-state index in [-0.39, 0.29) is 19.1 Å². The molecule has 0 bridgehead atoms. The normalized spacial score (nSPS) is 14.3. The molecule has 0 aliphatic rings. The van der Waals surface area contributed by atoms with Crippen molar-refractivity contribution in [3.63, 3.8) is 0 Å². The SMILES string of the molecule is CCCCCCCC/C=C\CCCCCC(=O)NC(COP(=O)([O-])OCC[N+](C)(C)C)C(O)CCCCCCCCCCCCCCCCCCCCCCCC. The van der Waals surface area contributed by atoms with Gasteiger partial charge < -0.3 is 28.8 Å². The van der Waals surface area contributed by atoms with Crippen LogP contribution < -0.4 is 10.2 Å². The Labute approximate surface area is 354 Å². The summed E-state index contributed by atoms with van der Waals surface area (Å²) in [4.78, 5) is 25.3. The number of rotatable bonds is 45. The average molecular weight is 829 g/mol. The first-order valence-corrected chi connectivity index (χ1v) is 26.0. The molecule has 0 radical (unpaired) electrons. The Balaban J connectivity index is 4.23. The second-order valence-electron chi connectivity index (χ2n) is 18.2. The maximum absolute atomic E-state index is 12.9. The highest BCUT2D eigenvalue weighted by Gasteiger charge is 2.24. The first-order chi connectivity index (χ1) is 27.5. The van der Waals surface area contributed by atoms with Gasteiger partial charge in [-0.2, -0.15) is 0 Å². The molecule has 1 amide bonds. The van der Waals surface area contributed by atoms with Gasteiger partial charge in [-0.05, 0) is 38.5 Å². The molecule has 8 nitrogen and oxygen atoms in total. The van der Waals surface area contributed by atoms with Crippen molar-refractivity contribution < 1.29 is 32.9 Å². The lowest BCUT2D eigenvalue weighted by Gasteiger charge is -2.30. The number of aliphatic hydroxyl groups is 1. The second-order valence-corrected chi connectivity index (χ2v) is 19.6. The Bertz CT molecular complexity index is 942. The Hall–Kier alpha value is -0.760. The molecular formula is C48H97N2O6P. The fraction of sp³-hybridized carbons (Fsp3) is 0.938. The van der Waals surface area contributed by atoms with Crippen LogP contribution in [0.15, 0.2) is 12.2 Å². The van der Waals surface area contributed by atoms with Crippen LogP contribution in [0.1, 0.15) is 239 Å². The van der Waals surface area contributed by atoms with Crippen LogP contribution >= 0.6 is 7.82 Å². The van der Waals surface area contributed by atoms with E-state index in [0.717, 1.165) is 51.4 Å². The molecule has 3 atom stereocenters. The number of carbonyl (C=O) groups excluding carboxylic acids is 1. The smallest absolute Gasteiger partial charge is 0.268 e. The van der Waals surface area contributed by atoms with Gasteiger partial charge in [0.15, 0.2) is 0 Å². The molecule has 57 heavy (non-hydrogen) atoms. The molecular weight excluding hydrogens is 732 g/mol. The van der Waals surface area contributed by atoms with Crippen molar-refractivity contribution in [2.45, 2.75) is 251 Å². The predicted molar refractivity (Wildman–Crippen MR) is 242 cm³/mol. The van der Waals surface area contributed by atoms with Crippen molar-refractivity contribution in [3.05, 3.63) is 12.2 Å². The zero-order valence-electron chi connectivity index (χ0n) is 38.6. The minimum atomic E-state index is -4.57. The van der Waals surface area contributed by atoms with Crippen LogP contribution in [0.5, 0.6) is 0 Å². The zero-order chi connectivity index (χ0) is 42.1. The Morgan fingerprint density at radius 2 is 0.965 bits per heavy atom. The topological polar surface area (TPSA) is 108 Å². The highest BCUT2D eigenvalue weighted by Crippen LogP contribution is 2.38. The summed E-state index contributed by atoms with van der Waals surface area (Å²) < 4.78 is 23.3. The third kappa shape index (κ3) is 43.1. The van der Waals surface area contributed by atoms with Gasteiger partial charge in [-0.15, -0.1) is 0 Å². The molecule has 3 unspecified atom stereocenters. The predicted octanol–water partition coefficient (Wildman–Crippen LogP) is 13.3. The van der Waals surface area contributed by atoms with Crippen molar-refractivity contribution in [1.82, 2.24) is 5.32 Å².